The van der Waals surface area contributed by atoms with E-state index in [0.717, 1.165) is 4.31 Å². The topological polar surface area (TPSA) is 114 Å². The van der Waals surface area contributed by atoms with Crippen molar-refractivity contribution in [2.45, 2.75) is 57.1 Å². The number of benzene rings is 3. The van der Waals surface area contributed by atoms with Gasteiger partial charge in [0.2, 0.25) is 11.8 Å². The molecule has 0 aliphatic rings. The number of halogens is 2. The molecule has 0 unspecified atom stereocenters. The molecule has 45 heavy (non-hydrogen) atoms. The number of methoxy groups -OCH3 is 3. The minimum atomic E-state index is -4.46. The Labute approximate surface area is 275 Å². The van der Waals surface area contributed by atoms with Gasteiger partial charge in [0, 0.05) is 28.7 Å². The molecule has 0 aliphatic heterocycles. The molecule has 0 bridgehead atoms. The average Bonchev–Trinajstić information content (AvgIpc) is 3.03. The minimum absolute atomic E-state index is 0.0305. The summed E-state index contributed by atoms with van der Waals surface area (Å²) >= 11 is 12.8. The molecule has 0 saturated carbocycles. The second-order valence-electron chi connectivity index (χ2n) is 10.2. The van der Waals surface area contributed by atoms with Gasteiger partial charge in [0.25, 0.3) is 10.0 Å². The van der Waals surface area contributed by atoms with E-state index in [4.69, 9.17) is 37.4 Å². The maximum absolute atomic E-state index is 14.4. The lowest BCUT2D eigenvalue weighted by atomic mass is 10.1. The van der Waals surface area contributed by atoms with Crippen LogP contribution in [0.15, 0.2) is 65.6 Å². The van der Waals surface area contributed by atoms with Crippen LogP contribution in [0.25, 0.3) is 0 Å². The number of hydrogen-bond donors (Lipinski definition) is 1. The molecule has 0 aromatic heterocycles. The molecular formula is C32H39Cl2N3O7S. The zero-order chi connectivity index (χ0) is 33.3. The van der Waals surface area contributed by atoms with Crippen molar-refractivity contribution in [2.75, 3.05) is 32.2 Å². The van der Waals surface area contributed by atoms with Crippen molar-refractivity contribution in [1.82, 2.24) is 10.2 Å². The second kappa shape index (κ2) is 16.1. The highest BCUT2D eigenvalue weighted by Gasteiger charge is 2.35. The Morgan fingerprint density at radius 1 is 0.867 bits per heavy atom. The van der Waals surface area contributed by atoms with Gasteiger partial charge in [-0.15, -0.1) is 0 Å². The number of carbonyl (C=O) groups is 2. The number of hydrogen-bond acceptors (Lipinski definition) is 7. The molecule has 3 aromatic rings. The highest BCUT2D eigenvalue weighted by atomic mass is 35.5. The first kappa shape index (κ1) is 35.8. The number of anilines is 1. The van der Waals surface area contributed by atoms with Crippen molar-refractivity contribution in [1.29, 1.82) is 0 Å². The Hall–Kier alpha value is -3.67. The van der Waals surface area contributed by atoms with Crippen LogP contribution >= 0.6 is 23.2 Å². The molecule has 0 saturated heterocycles. The SMILES string of the molecule is CC[C@H](C(=O)N[C@@H](C)CC)N(Cc1ccccc1Cl)C(=O)CN(c1cc(Cl)ccc1OC)S(=O)(=O)c1ccc(OC)c(OC)c1. The smallest absolute Gasteiger partial charge is 0.265 e. The lowest BCUT2D eigenvalue weighted by Crippen LogP contribution is -2.53. The quantitative estimate of drug-likeness (QED) is 0.212. The predicted octanol–water partition coefficient (Wildman–Crippen LogP) is 5.94. The first-order valence-corrected chi connectivity index (χ1v) is 16.5. The third kappa shape index (κ3) is 8.53. The molecule has 0 aliphatic carbocycles. The third-order valence-corrected chi connectivity index (χ3v) is 9.68. The summed E-state index contributed by atoms with van der Waals surface area (Å²) in [6.07, 6.45) is 0.952. The fourth-order valence-electron chi connectivity index (χ4n) is 4.65. The van der Waals surface area contributed by atoms with Crippen molar-refractivity contribution >= 4 is 50.7 Å². The van der Waals surface area contributed by atoms with Crippen molar-refractivity contribution in [3.8, 4) is 17.2 Å². The predicted molar refractivity (Wildman–Crippen MR) is 176 cm³/mol. The summed E-state index contributed by atoms with van der Waals surface area (Å²) in [5.41, 5.74) is 0.625. The highest BCUT2D eigenvalue weighted by molar-refractivity contribution is 7.92. The van der Waals surface area contributed by atoms with Crippen LogP contribution in [0.3, 0.4) is 0 Å². The molecule has 13 heteroatoms. The molecule has 10 nitrogen and oxygen atoms in total. The normalized spacial score (nSPS) is 12.5. The number of ether oxygens (including phenoxy) is 3. The molecule has 1 N–H and O–H groups in total. The lowest BCUT2D eigenvalue weighted by molar-refractivity contribution is -0.140. The van der Waals surface area contributed by atoms with E-state index < -0.39 is 28.5 Å². The van der Waals surface area contributed by atoms with Gasteiger partial charge in [-0.3, -0.25) is 13.9 Å². The second-order valence-corrected chi connectivity index (χ2v) is 12.9. The summed E-state index contributed by atoms with van der Waals surface area (Å²) in [5.74, 6) is -0.344. The van der Waals surface area contributed by atoms with Crippen LogP contribution in [-0.2, 0) is 26.2 Å². The molecule has 2 amide bonds. The van der Waals surface area contributed by atoms with Gasteiger partial charge in [-0.05, 0) is 61.7 Å². The summed E-state index contributed by atoms with van der Waals surface area (Å²) in [7, 11) is -0.261. The highest BCUT2D eigenvalue weighted by Crippen LogP contribution is 2.37. The monoisotopic (exact) mass is 679 g/mol. The fourth-order valence-corrected chi connectivity index (χ4v) is 6.44. The summed E-state index contributed by atoms with van der Waals surface area (Å²) in [6, 6.07) is 14.5. The number of amides is 2. The van der Waals surface area contributed by atoms with Gasteiger partial charge < -0.3 is 24.4 Å². The van der Waals surface area contributed by atoms with Crippen molar-refractivity contribution in [3.63, 3.8) is 0 Å². The van der Waals surface area contributed by atoms with E-state index in [9.17, 15) is 18.0 Å². The lowest BCUT2D eigenvalue weighted by Gasteiger charge is -2.34. The van der Waals surface area contributed by atoms with E-state index in [0.29, 0.717) is 22.8 Å². The first-order chi connectivity index (χ1) is 21.4. The molecule has 0 spiro atoms. The average molecular weight is 681 g/mol. The van der Waals surface area contributed by atoms with Gasteiger partial charge in [0.05, 0.1) is 31.9 Å². The van der Waals surface area contributed by atoms with Crippen LogP contribution < -0.4 is 23.8 Å². The van der Waals surface area contributed by atoms with E-state index >= 15 is 0 Å². The molecule has 0 heterocycles. The van der Waals surface area contributed by atoms with Gasteiger partial charge in [-0.2, -0.15) is 0 Å². The van der Waals surface area contributed by atoms with Crippen molar-refractivity contribution < 1.29 is 32.2 Å². The summed E-state index contributed by atoms with van der Waals surface area (Å²) in [6.45, 7) is 4.86. The number of rotatable bonds is 15. The van der Waals surface area contributed by atoms with Crippen LogP contribution in [0.2, 0.25) is 10.0 Å². The van der Waals surface area contributed by atoms with E-state index in [2.05, 4.69) is 5.32 Å². The zero-order valence-electron chi connectivity index (χ0n) is 26.2. The van der Waals surface area contributed by atoms with Crippen LogP contribution in [0.4, 0.5) is 5.69 Å². The summed E-state index contributed by atoms with van der Waals surface area (Å²) in [5, 5.41) is 3.57. The molecule has 244 valence electrons. The van der Waals surface area contributed by atoms with Crippen LogP contribution in [0, 0.1) is 0 Å². The number of carbonyl (C=O) groups excluding carboxylic acids is 2. The summed E-state index contributed by atoms with van der Waals surface area (Å²) in [4.78, 5) is 29.0. The molecule has 3 aromatic carbocycles. The van der Waals surface area contributed by atoms with Gasteiger partial charge in [-0.1, -0.05) is 55.2 Å². The Morgan fingerprint density at radius 3 is 2.11 bits per heavy atom. The molecule has 0 radical (unpaired) electrons. The largest absolute Gasteiger partial charge is 0.495 e. The van der Waals surface area contributed by atoms with E-state index in [1.165, 1.54) is 56.6 Å². The third-order valence-electron chi connectivity index (χ3n) is 7.32. The Balaban J connectivity index is 2.19. The number of nitrogens with zero attached hydrogens (tertiary/aromatic N) is 2. The van der Waals surface area contributed by atoms with Crippen LogP contribution in [0.1, 0.15) is 39.2 Å². The van der Waals surface area contributed by atoms with Gasteiger partial charge in [-0.25, -0.2) is 8.42 Å². The van der Waals surface area contributed by atoms with E-state index in [1.807, 2.05) is 13.8 Å². The molecular weight excluding hydrogens is 641 g/mol. The van der Waals surface area contributed by atoms with Crippen LogP contribution in [0.5, 0.6) is 17.2 Å². The molecule has 3 rings (SSSR count). The van der Waals surface area contributed by atoms with E-state index in [1.54, 1.807) is 37.3 Å². The maximum atomic E-state index is 14.4. The fraction of sp³-hybridized carbons (Fsp3) is 0.375. The molecule has 0 fully saturated rings. The maximum Gasteiger partial charge on any atom is 0.265 e. The first-order valence-electron chi connectivity index (χ1n) is 14.3. The van der Waals surface area contributed by atoms with Crippen LogP contribution in [-0.4, -0.2) is 65.1 Å². The van der Waals surface area contributed by atoms with Gasteiger partial charge >= 0.3 is 0 Å². The Bertz CT molecular complexity index is 1600. The molecule has 2 atom stereocenters. The van der Waals surface area contributed by atoms with Gasteiger partial charge in [0.1, 0.15) is 18.3 Å². The van der Waals surface area contributed by atoms with Crippen molar-refractivity contribution in [3.05, 3.63) is 76.3 Å². The van der Waals surface area contributed by atoms with Gasteiger partial charge in [0.15, 0.2) is 11.5 Å². The summed E-state index contributed by atoms with van der Waals surface area (Å²) < 4.78 is 45.8. The van der Waals surface area contributed by atoms with Crippen molar-refractivity contribution in [2.24, 2.45) is 0 Å². The standard InChI is InChI=1S/C32H39Cl2N3O7S/c1-7-21(3)35-32(39)26(8-2)36(19-22-11-9-10-12-25(22)34)31(38)20-37(27-17-23(33)13-15-28(27)42-4)45(40,41)24-14-16-29(43-5)30(18-24)44-6/h9-18,21,26H,7-8,19-20H2,1-6H3,(H,35,39)/t21-,26+/m0/s1. The minimum Gasteiger partial charge on any atom is -0.495 e. The van der Waals surface area contributed by atoms with E-state index in [-0.39, 0.29) is 52.0 Å². The zero-order valence-corrected chi connectivity index (χ0v) is 28.5. The number of nitrogens with one attached hydrogen (secondary N) is 1. The number of sulfonamides is 1. The Kier molecular flexibility index (Phi) is 12.8. The Morgan fingerprint density at radius 2 is 1.51 bits per heavy atom.